The lowest BCUT2D eigenvalue weighted by Crippen LogP contribution is -2.15. The van der Waals surface area contributed by atoms with Gasteiger partial charge in [-0.05, 0) is 24.3 Å². The van der Waals surface area contributed by atoms with Crippen LogP contribution in [-0.4, -0.2) is 27.3 Å². The molecule has 1 atom stereocenters. The maximum absolute atomic E-state index is 12.0. The largest absolute Gasteiger partial charge is 0.477 e. The highest BCUT2D eigenvalue weighted by molar-refractivity contribution is 7.99. The zero-order valence-electron chi connectivity index (χ0n) is 15.6. The molecule has 1 heterocycles. The average Bonchev–Trinajstić information content (AvgIpc) is 2.73. The van der Waals surface area contributed by atoms with E-state index in [1.807, 2.05) is 73.8 Å². The fraction of sp³-hybridized carbons (Fsp3) is 0.190. The van der Waals surface area contributed by atoms with E-state index in [0.717, 1.165) is 11.1 Å². The second-order valence-corrected chi connectivity index (χ2v) is 7.83. The van der Waals surface area contributed by atoms with Gasteiger partial charge in [-0.1, -0.05) is 72.4 Å². The molecule has 3 rings (SSSR count). The van der Waals surface area contributed by atoms with Crippen molar-refractivity contribution in [2.45, 2.75) is 28.9 Å². The van der Waals surface area contributed by atoms with Crippen molar-refractivity contribution in [2.24, 2.45) is 0 Å². The number of thioether (sulfide) groups is 2. The minimum Gasteiger partial charge on any atom is -0.477 e. The van der Waals surface area contributed by atoms with Gasteiger partial charge < -0.3 is 10.4 Å². The fourth-order valence-corrected chi connectivity index (χ4v) is 4.07. The predicted molar refractivity (Wildman–Crippen MR) is 115 cm³/mol. The second-order valence-electron chi connectivity index (χ2n) is 6.10. The van der Waals surface area contributed by atoms with E-state index in [1.54, 1.807) is 0 Å². The van der Waals surface area contributed by atoms with Gasteiger partial charge in [0.1, 0.15) is 16.4 Å². The molecule has 7 heteroatoms. The van der Waals surface area contributed by atoms with Crippen molar-refractivity contribution >= 4 is 35.3 Å². The molecule has 2 aromatic carbocycles. The molecule has 3 aromatic rings. The summed E-state index contributed by atoms with van der Waals surface area (Å²) in [4.78, 5) is 20.9. The molecule has 0 spiro atoms. The van der Waals surface area contributed by atoms with Crippen LogP contribution < -0.4 is 5.32 Å². The lowest BCUT2D eigenvalue weighted by Gasteiger charge is -2.18. The molecule has 0 radical (unpaired) electrons. The summed E-state index contributed by atoms with van der Waals surface area (Å²) in [5.74, 6) is -0.0515. The summed E-state index contributed by atoms with van der Waals surface area (Å²) in [5, 5.41) is 14.1. The van der Waals surface area contributed by atoms with Crippen molar-refractivity contribution in [3.8, 4) is 0 Å². The molecular weight excluding hydrogens is 390 g/mol. The molecule has 0 saturated carbocycles. The first kappa shape index (κ1) is 20.2. The predicted octanol–water partition coefficient (Wildman–Crippen LogP) is 5.36. The maximum Gasteiger partial charge on any atom is 0.342 e. The molecule has 0 saturated heterocycles. The fourth-order valence-electron chi connectivity index (χ4n) is 2.67. The van der Waals surface area contributed by atoms with Gasteiger partial charge in [-0.2, -0.15) is 0 Å². The summed E-state index contributed by atoms with van der Waals surface area (Å²) in [6, 6.07) is 19.7. The molecule has 0 aliphatic carbocycles. The van der Waals surface area contributed by atoms with E-state index < -0.39 is 5.97 Å². The number of anilines is 1. The molecule has 1 unspecified atom stereocenters. The quantitative estimate of drug-likeness (QED) is 0.293. The second kappa shape index (κ2) is 9.61. The Bertz CT molecular complexity index is 937. The first-order valence-corrected chi connectivity index (χ1v) is 11.0. The molecule has 2 N–H and O–H groups in total. The van der Waals surface area contributed by atoms with E-state index in [2.05, 4.69) is 15.3 Å². The molecule has 144 valence electrons. The van der Waals surface area contributed by atoms with E-state index in [0.29, 0.717) is 21.8 Å². The van der Waals surface area contributed by atoms with Gasteiger partial charge >= 0.3 is 5.97 Å². The van der Waals surface area contributed by atoms with Crippen LogP contribution in [0, 0.1) is 0 Å². The van der Waals surface area contributed by atoms with Crippen molar-refractivity contribution in [2.75, 3.05) is 11.6 Å². The lowest BCUT2D eigenvalue weighted by atomic mass is 10.1. The first-order valence-electron chi connectivity index (χ1n) is 8.76. The first-order chi connectivity index (χ1) is 13.6. The standard InChI is InChI=1S/C21H21N3O2S2/c1-14(16-11-7-4-8-12-16)22-18-17(20(25)26)19(24-21(23-18)27-2)28-13-15-9-5-3-6-10-15/h3-12,14H,13H2,1-2H3,(H,25,26)(H,22,23,24). The minimum atomic E-state index is -1.04. The van der Waals surface area contributed by atoms with Crippen LogP contribution in [0.3, 0.4) is 0 Å². The summed E-state index contributed by atoms with van der Waals surface area (Å²) >= 11 is 2.80. The number of carboxylic acid groups (broad SMARTS) is 1. The number of hydrogen-bond donors (Lipinski definition) is 2. The molecule has 0 fully saturated rings. The van der Waals surface area contributed by atoms with Gasteiger partial charge in [-0.15, -0.1) is 11.8 Å². The third-order valence-corrected chi connectivity index (χ3v) is 5.72. The number of aromatic carboxylic acids is 1. The van der Waals surface area contributed by atoms with Crippen molar-refractivity contribution in [3.63, 3.8) is 0 Å². The third-order valence-electron chi connectivity index (χ3n) is 4.12. The number of carbonyl (C=O) groups is 1. The minimum absolute atomic E-state index is 0.0871. The Labute approximate surface area is 173 Å². The Balaban J connectivity index is 1.93. The van der Waals surface area contributed by atoms with Crippen LogP contribution in [0.2, 0.25) is 0 Å². The van der Waals surface area contributed by atoms with E-state index in [1.165, 1.54) is 23.5 Å². The van der Waals surface area contributed by atoms with Crippen LogP contribution >= 0.6 is 23.5 Å². The maximum atomic E-state index is 12.0. The summed E-state index contributed by atoms with van der Waals surface area (Å²) in [6.07, 6.45) is 1.88. The van der Waals surface area contributed by atoms with Crippen LogP contribution in [0.1, 0.15) is 34.5 Å². The summed E-state index contributed by atoms with van der Waals surface area (Å²) in [6.45, 7) is 1.98. The lowest BCUT2D eigenvalue weighted by molar-refractivity contribution is 0.0692. The molecular formula is C21H21N3O2S2. The Morgan fingerprint density at radius 3 is 2.32 bits per heavy atom. The van der Waals surface area contributed by atoms with Crippen LogP contribution in [-0.2, 0) is 5.75 Å². The molecule has 5 nitrogen and oxygen atoms in total. The monoisotopic (exact) mass is 411 g/mol. The third kappa shape index (κ3) is 5.05. The number of carboxylic acids is 1. The molecule has 0 aliphatic heterocycles. The van der Waals surface area contributed by atoms with Crippen LogP contribution in [0.15, 0.2) is 70.8 Å². The summed E-state index contributed by atoms with van der Waals surface area (Å²) in [7, 11) is 0. The van der Waals surface area contributed by atoms with Crippen molar-refractivity contribution in [1.82, 2.24) is 9.97 Å². The van der Waals surface area contributed by atoms with Crippen molar-refractivity contribution in [1.29, 1.82) is 0 Å². The Hall–Kier alpha value is -2.51. The molecule has 0 bridgehead atoms. The van der Waals surface area contributed by atoms with Gasteiger partial charge in [0.25, 0.3) is 0 Å². The zero-order chi connectivity index (χ0) is 19.9. The molecule has 0 amide bonds. The van der Waals surface area contributed by atoms with Crippen LogP contribution in [0.4, 0.5) is 5.82 Å². The topological polar surface area (TPSA) is 75.1 Å². The Morgan fingerprint density at radius 2 is 1.71 bits per heavy atom. The normalized spacial score (nSPS) is 11.8. The van der Waals surface area contributed by atoms with Gasteiger partial charge in [-0.25, -0.2) is 14.8 Å². The van der Waals surface area contributed by atoms with Crippen molar-refractivity contribution < 1.29 is 9.90 Å². The van der Waals surface area contributed by atoms with Crippen LogP contribution in [0.25, 0.3) is 0 Å². The van der Waals surface area contributed by atoms with Crippen molar-refractivity contribution in [3.05, 3.63) is 77.4 Å². The van der Waals surface area contributed by atoms with Gasteiger partial charge in [0.15, 0.2) is 5.16 Å². The van der Waals surface area contributed by atoms with E-state index in [4.69, 9.17) is 0 Å². The highest BCUT2D eigenvalue weighted by Crippen LogP contribution is 2.32. The highest BCUT2D eigenvalue weighted by Gasteiger charge is 2.22. The van der Waals surface area contributed by atoms with Gasteiger partial charge in [0.05, 0.1) is 0 Å². The van der Waals surface area contributed by atoms with E-state index in [-0.39, 0.29) is 11.6 Å². The number of hydrogen-bond acceptors (Lipinski definition) is 6. The van der Waals surface area contributed by atoms with Gasteiger partial charge in [-0.3, -0.25) is 0 Å². The average molecular weight is 412 g/mol. The number of aromatic nitrogens is 2. The van der Waals surface area contributed by atoms with Crippen LogP contribution in [0.5, 0.6) is 0 Å². The number of benzene rings is 2. The Morgan fingerprint density at radius 1 is 1.07 bits per heavy atom. The highest BCUT2D eigenvalue weighted by atomic mass is 32.2. The van der Waals surface area contributed by atoms with E-state index >= 15 is 0 Å². The van der Waals surface area contributed by atoms with E-state index in [9.17, 15) is 9.90 Å². The summed E-state index contributed by atoms with van der Waals surface area (Å²) in [5.41, 5.74) is 2.28. The number of rotatable bonds is 8. The molecule has 28 heavy (non-hydrogen) atoms. The molecule has 0 aliphatic rings. The SMILES string of the molecule is CSc1nc(NC(C)c2ccccc2)c(C(=O)O)c(SCc2ccccc2)n1. The van der Waals surface area contributed by atoms with Gasteiger partial charge in [0, 0.05) is 11.8 Å². The Kier molecular flexibility index (Phi) is 6.95. The summed E-state index contributed by atoms with van der Waals surface area (Å²) < 4.78 is 0. The number of nitrogens with zero attached hydrogens (tertiary/aromatic N) is 2. The molecule has 1 aromatic heterocycles. The van der Waals surface area contributed by atoms with Gasteiger partial charge in [0.2, 0.25) is 0 Å². The smallest absolute Gasteiger partial charge is 0.342 e. The number of nitrogens with one attached hydrogen (secondary N) is 1. The zero-order valence-corrected chi connectivity index (χ0v) is 17.3.